The number of carbonyl (C=O) groups excluding carboxylic acids is 3. The van der Waals surface area contributed by atoms with Gasteiger partial charge in [0.15, 0.2) is 5.78 Å². The number of unbranched alkanes of at least 4 members (excludes halogenated alkanes) is 15. The van der Waals surface area contributed by atoms with Crippen molar-refractivity contribution in [1.29, 1.82) is 0 Å². The smallest absolute Gasteiger partial charge is 0.303 e. The molecule has 0 aliphatic carbocycles. The number of ketones is 1. The highest BCUT2D eigenvalue weighted by Gasteiger charge is 2.24. The Kier molecular flexibility index (Phi) is 33.6. The Morgan fingerprint density at radius 1 is 0.574 bits per heavy atom. The van der Waals surface area contributed by atoms with Crippen molar-refractivity contribution >= 4 is 23.6 Å². The van der Waals surface area contributed by atoms with Crippen LogP contribution in [0.5, 0.6) is 0 Å². The van der Waals surface area contributed by atoms with E-state index >= 15 is 0 Å². The van der Waals surface area contributed by atoms with Crippen LogP contribution in [0, 0.1) is 0 Å². The summed E-state index contributed by atoms with van der Waals surface area (Å²) in [5, 5.41) is 14.3. The number of methoxy groups -OCH3 is 1. The predicted molar refractivity (Wildman–Crippen MR) is 210 cm³/mol. The van der Waals surface area contributed by atoms with E-state index in [1.807, 2.05) is 0 Å². The molecule has 1 rings (SSSR count). The van der Waals surface area contributed by atoms with Crippen molar-refractivity contribution in [3.63, 3.8) is 0 Å². The lowest BCUT2D eigenvalue weighted by atomic mass is 10.0. The highest BCUT2D eigenvalue weighted by molar-refractivity contribution is 5.78. The van der Waals surface area contributed by atoms with Gasteiger partial charge in [-0.15, -0.1) is 0 Å². The van der Waals surface area contributed by atoms with Gasteiger partial charge in [0.2, 0.25) is 11.8 Å². The molecule has 14 nitrogen and oxygen atoms in total. The van der Waals surface area contributed by atoms with Crippen LogP contribution in [0.3, 0.4) is 0 Å². The predicted octanol–water partition coefficient (Wildman–Crippen LogP) is 4.57. The Morgan fingerprint density at radius 3 is 1.50 bits per heavy atom. The van der Waals surface area contributed by atoms with Crippen LogP contribution in [-0.2, 0) is 42.9 Å². The first-order valence-corrected chi connectivity index (χ1v) is 20.9. The third-order valence-electron chi connectivity index (χ3n) is 9.46. The average Bonchev–Trinajstić information content (AvgIpc) is 3.15. The Hall–Kier alpha value is -2.20. The summed E-state index contributed by atoms with van der Waals surface area (Å²) in [6.45, 7) is 8.15. The second-order valence-corrected chi connectivity index (χ2v) is 14.3. The summed E-state index contributed by atoms with van der Waals surface area (Å²) < 4.78 is 27.1. The van der Waals surface area contributed by atoms with E-state index in [0.717, 1.165) is 45.4 Å². The topological polar surface area (TPSA) is 165 Å². The fourth-order valence-corrected chi connectivity index (χ4v) is 6.38. The standard InChI is InChI=1S/C40H76N4O10/c1-36(45)34-53-31-29-52-28-22-42-38(47)35-54-32-30-51-27-21-41-37(46)33-43-23-25-44(26-24-43)39(50-2)19-17-15-13-11-9-7-5-3-4-6-8-10-12-14-16-18-20-40(48)49/h39H,3-35H2,1-2H3,(H,41,46)(H,42,47)(H,48,49). The molecule has 316 valence electrons. The van der Waals surface area contributed by atoms with Gasteiger partial charge in [-0.05, 0) is 26.2 Å². The molecule has 3 N–H and O–H groups in total. The van der Waals surface area contributed by atoms with Crippen molar-refractivity contribution < 1.29 is 48.0 Å². The Labute approximate surface area is 326 Å². The first-order chi connectivity index (χ1) is 26.3. The highest BCUT2D eigenvalue weighted by Crippen LogP contribution is 2.17. The van der Waals surface area contributed by atoms with Gasteiger partial charge in [0, 0.05) is 52.8 Å². The van der Waals surface area contributed by atoms with Gasteiger partial charge in [0.1, 0.15) is 19.4 Å². The number of carbonyl (C=O) groups is 4. The largest absolute Gasteiger partial charge is 0.481 e. The SMILES string of the molecule is COC(CCCCCCCCCCCCCCCCCCC(=O)O)N1CCN(CC(=O)NCCOCCOCC(=O)NCCOCCOCC(C)=O)CC1. The number of ether oxygens (including phenoxy) is 5. The maximum atomic E-state index is 12.4. The highest BCUT2D eigenvalue weighted by atomic mass is 16.5. The van der Waals surface area contributed by atoms with Gasteiger partial charge >= 0.3 is 5.97 Å². The molecule has 1 atom stereocenters. The maximum absolute atomic E-state index is 12.4. The monoisotopic (exact) mass is 773 g/mol. The van der Waals surface area contributed by atoms with Crippen LogP contribution < -0.4 is 10.6 Å². The lowest BCUT2D eigenvalue weighted by molar-refractivity contribution is -0.137. The van der Waals surface area contributed by atoms with Crippen molar-refractivity contribution in [3.05, 3.63) is 0 Å². The summed E-state index contributed by atoms with van der Waals surface area (Å²) >= 11 is 0. The molecule has 54 heavy (non-hydrogen) atoms. The molecular weight excluding hydrogens is 696 g/mol. The molecule has 0 saturated carbocycles. The number of aliphatic carboxylic acids is 1. The van der Waals surface area contributed by atoms with Crippen molar-refractivity contribution in [1.82, 2.24) is 20.4 Å². The summed E-state index contributed by atoms with van der Waals surface area (Å²) in [6, 6.07) is 0. The van der Waals surface area contributed by atoms with E-state index in [1.165, 1.54) is 96.8 Å². The number of piperazine rings is 1. The normalized spacial score (nSPS) is 14.3. The minimum Gasteiger partial charge on any atom is -0.481 e. The lowest BCUT2D eigenvalue weighted by Crippen LogP contribution is -2.52. The van der Waals surface area contributed by atoms with Gasteiger partial charge in [-0.25, -0.2) is 0 Å². The summed E-state index contributed by atoms with van der Waals surface area (Å²) in [4.78, 5) is 50.1. The van der Waals surface area contributed by atoms with E-state index in [4.69, 9.17) is 28.8 Å². The molecule has 1 aliphatic heterocycles. The third-order valence-corrected chi connectivity index (χ3v) is 9.46. The molecule has 0 aromatic heterocycles. The Morgan fingerprint density at radius 2 is 1.02 bits per heavy atom. The van der Waals surface area contributed by atoms with Gasteiger partial charge in [-0.3, -0.25) is 29.0 Å². The van der Waals surface area contributed by atoms with E-state index in [2.05, 4.69) is 20.4 Å². The zero-order chi connectivity index (χ0) is 39.3. The summed E-state index contributed by atoms with van der Waals surface area (Å²) in [7, 11) is 1.80. The number of carboxylic acid groups (broad SMARTS) is 1. The molecule has 1 fully saturated rings. The number of nitrogens with zero attached hydrogens (tertiary/aromatic N) is 2. The van der Waals surface area contributed by atoms with Crippen molar-refractivity contribution in [2.24, 2.45) is 0 Å². The number of rotatable bonds is 39. The fourth-order valence-electron chi connectivity index (χ4n) is 6.38. The van der Waals surface area contributed by atoms with Crippen molar-refractivity contribution in [3.8, 4) is 0 Å². The number of nitrogens with one attached hydrogen (secondary N) is 2. The summed E-state index contributed by atoms with van der Waals surface area (Å²) in [5.74, 6) is -0.951. The molecule has 14 heteroatoms. The van der Waals surface area contributed by atoms with Crippen LogP contribution in [0.2, 0.25) is 0 Å². The van der Waals surface area contributed by atoms with Crippen LogP contribution in [0.4, 0.5) is 0 Å². The molecule has 2 amide bonds. The molecule has 1 saturated heterocycles. The maximum Gasteiger partial charge on any atom is 0.303 e. The van der Waals surface area contributed by atoms with Gasteiger partial charge < -0.3 is 39.4 Å². The van der Waals surface area contributed by atoms with Crippen LogP contribution in [0.1, 0.15) is 122 Å². The number of hydrogen-bond donors (Lipinski definition) is 3. The second-order valence-electron chi connectivity index (χ2n) is 14.3. The first-order valence-electron chi connectivity index (χ1n) is 20.9. The molecule has 1 unspecified atom stereocenters. The van der Waals surface area contributed by atoms with E-state index < -0.39 is 5.97 Å². The average molecular weight is 773 g/mol. The quantitative estimate of drug-likeness (QED) is 0.0747. The molecule has 1 heterocycles. The molecule has 1 aliphatic rings. The zero-order valence-electron chi connectivity index (χ0n) is 33.9. The van der Waals surface area contributed by atoms with Crippen molar-refractivity contribution in [2.75, 3.05) is 106 Å². The third kappa shape index (κ3) is 32.1. The first kappa shape index (κ1) is 49.8. The van der Waals surface area contributed by atoms with Gasteiger partial charge in [-0.1, -0.05) is 89.9 Å². The number of amides is 2. The molecule has 0 spiro atoms. The molecular formula is C40H76N4O10. The fraction of sp³-hybridized carbons (Fsp3) is 0.900. The van der Waals surface area contributed by atoms with Gasteiger partial charge in [0.05, 0.1) is 46.2 Å². The molecule has 0 aromatic carbocycles. The van der Waals surface area contributed by atoms with Gasteiger partial charge in [0.25, 0.3) is 0 Å². The Balaban J connectivity index is 1.90. The van der Waals surface area contributed by atoms with Gasteiger partial charge in [-0.2, -0.15) is 0 Å². The Bertz CT molecular complexity index is 936. The van der Waals surface area contributed by atoms with Crippen LogP contribution in [-0.4, -0.2) is 150 Å². The summed E-state index contributed by atoms with van der Waals surface area (Å²) in [6.07, 6.45) is 21.5. The second kappa shape index (κ2) is 36.4. The minimum absolute atomic E-state index is 0.00876. The number of hydrogen-bond acceptors (Lipinski definition) is 11. The summed E-state index contributed by atoms with van der Waals surface area (Å²) in [5.41, 5.74) is 0. The van der Waals surface area contributed by atoms with Crippen LogP contribution in [0.25, 0.3) is 0 Å². The van der Waals surface area contributed by atoms with Crippen LogP contribution >= 0.6 is 0 Å². The molecule has 0 bridgehead atoms. The van der Waals surface area contributed by atoms with E-state index in [0.29, 0.717) is 59.1 Å². The van der Waals surface area contributed by atoms with E-state index in [-0.39, 0.29) is 43.6 Å². The zero-order valence-corrected chi connectivity index (χ0v) is 33.9. The minimum atomic E-state index is -0.675. The van der Waals surface area contributed by atoms with Crippen molar-refractivity contribution in [2.45, 2.75) is 129 Å². The van der Waals surface area contributed by atoms with E-state index in [9.17, 15) is 19.2 Å². The van der Waals surface area contributed by atoms with Crippen LogP contribution in [0.15, 0.2) is 0 Å². The molecule has 0 radical (unpaired) electrons. The number of Topliss-reactive ketones (excluding diaryl/α,β-unsaturated/α-hetero) is 1. The lowest BCUT2D eigenvalue weighted by Gasteiger charge is -2.38. The number of carboxylic acids is 1. The van der Waals surface area contributed by atoms with E-state index in [1.54, 1.807) is 7.11 Å². The molecule has 0 aromatic rings.